The maximum absolute atomic E-state index is 9.74. The molecule has 0 saturated heterocycles. The molecule has 0 aliphatic carbocycles. The maximum Gasteiger partial charge on any atom is 0.164 e. The third-order valence-electron chi connectivity index (χ3n) is 11.4. The van der Waals surface area contributed by atoms with E-state index in [1.165, 1.54) is 10.8 Å². The van der Waals surface area contributed by atoms with Gasteiger partial charge >= 0.3 is 0 Å². The summed E-state index contributed by atoms with van der Waals surface area (Å²) in [5, 5.41) is 17.5. The smallest absolute Gasteiger partial charge is 0.164 e. The largest absolute Gasteiger partial charge is 0.256 e. The zero-order valence-corrected chi connectivity index (χ0v) is 32.3. The lowest BCUT2D eigenvalue weighted by atomic mass is 9.88. The van der Waals surface area contributed by atoms with E-state index < -0.39 is 0 Å². The van der Waals surface area contributed by atoms with Crippen LogP contribution < -0.4 is 0 Å². The molecule has 11 rings (SSSR count). The first-order valence-corrected chi connectivity index (χ1v) is 19.9. The second kappa shape index (κ2) is 14.6. The Kier molecular flexibility index (Phi) is 8.46. The minimum Gasteiger partial charge on any atom is -0.256 e. The van der Waals surface area contributed by atoms with Crippen LogP contribution in [0.4, 0.5) is 0 Å². The quantitative estimate of drug-likeness (QED) is 0.158. The second-order valence-electron chi connectivity index (χ2n) is 14.9. The molecule has 0 radical (unpaired) electrons. The molecule has 0 aliphatic heterocycles. The van der Waals surface area contributed by atoms with E-state index in [0.29, 0.717) is 23.0 Å². The van der Waals surface area contributed by atoms with E-state index in [1.54, 1.807) is 0 Å². The molecule has 278 valence electrons. The van der Waals surface area contributed by atoms with E-state index >= 15 is 0 Å². The predicted molar refractivity (Wildman–Crippen MR) is 245 cm³/mol. The molecule has 5 heteroatoms. The molecular formula is C55H33N5. The molecule has 9 aromatic carbocycles. The Bertz CT molecular complexity index is 3420. The fourth-order valence-electron chi connectivity index (χ4n) is 8.53. The number of hydrogen-bond acceptors (Lipinski definition) is 5. The molecule has 0 spiro atoms. The van der Waals surface area contributed by atoms with Crippen molar-refractivity contribution in [2.75, 3.05) is 0 Å². The Morgan fingerprint density at radius 2 is 0.817 bits per heavy atom. The first-order valence-electron chi connectivity index (χ1n) is 19.9. The average Bonchev–Trinajstić information content (AvgIpc) is 3.33. The summed E-state index contributed by atoms with van der Waals surface area (Å²) in [4.78, 5) is 20.0. The highest BCUT2D eigenvalue weighted by Gasteiger charge is 2.18. The van der Waals surface area contributed by atoms with Crippen molar-refractivity contribution in [3.63, 3.8) is 0 Å². The van der Waals surface area contributed by atoms with Crippen LogP contribution in [0.15, 0.2) is 200 Å². The molecule has 0 amide bonds. The summed E-state index contributed by atoms with van der Waals surface area (Å²) < 4.78 is 0. The van der Waals surface area contributed by atoms with Crippen LogP contribution >= 0.6 is 0 Å². The molecule has 0 bridgehead atoms. The van der Waals surface area contributed by atoms with Gasteiger partial charge in [-0.1, -0.05) is 164 Å². The van der Waals surface area contributed by atoms with Crippen molar-refractivity contribution in [1.82, 2.24) is 19.9 Å². The van der Waals surface area contributed by atoms with Crippen molar-refractivity contribution >= 4 is 43.2 Å². The Hall–Kier alpha value is -8.33. The van der Waals surface area contributed by atoms with E-state index in [-0.39, 0.29) is 0 Å². The number of rotatable bonds is 6. The third-order valence-corrected chi connectivity index (χ3v) is 11.4. The van der Waals surface area contributed by atoms with Gasteiger partial charge in [0.1, 0.15) is 0 Å². The molecular weight excluding hydrogens is 731 g/mol. The monoisotopic (exact) mass is 763 g/mol. The lowest BCUT2D eigenvalue weighted by molar-refractivity contribution is 1.07. The minimum absolute atomic E-state index is 0.618. The van der Waals surface area contributed by atoms with E-state index in [2.05, 4.69) is 109 Å². The van der Waals surface area contributed by atoms with Gasteiger partial charge in [-0.15, -0.1) is 0 Å². The van der Waals surface area contributed by atoms with Gasteiger partial charge in [-0.05, 0) is 85.1 Å². The number of fused-ring (bicyclic) bond motifs is 6. The van der Waals surface area contributed by atoms with Crippen LogP contribution in [-0.2, 0) is 0 Å². The normalized spacial score (nSPS) is 11.3. The van der Waals surface area contributed by atoms with Crippen molar-refractivity contribution in [3.05, 3.63) is 206 Å². The Labute approximate surface area is 346 Å². The summed E-state index contributed by atoms with van der Waals surface area (Å²) in [6.45, 7) is 0. The lowest BCUT2D eigenvalue weighted by Crippen LogP contribution is -2.00. The zero-order chi connectivity index (χ0) is 40.0. The summed E-state index contributed by atoms with van der Waals surface area (Å²) in [6.07, 6.45) is 1.88. The predicted octanol–water partition coefficient (Wildman–Crippen LogP) is 13.8. The SMILES string of the molecule is N#Cc1ccc(-c2ccc(-c3cc4c5ccccc5c(-c5cccc(-c6nc(-c7ccccc7)nc(-c7ccccc7)n6)c5)cc4c4cccnc34)cc2)c2ccccc12. The van der Waals surface area contributed by atoms with Crippen molar-refractivity contribution in [1.29, 1.82) is 5.26 Å². The molecule has 11 aromatic rings. The van der Waals surface area contributed by atoms with Crippen LogP contribution in [0, 0.1) is 11.3 Å². The highest BCUT2D eigenvalue weighted by Crippen LogP contribution is 2.42. The van der Waals surface area contributed by atoms with Crippen molar-refractivity contribution in [3.8, 4) is 73.6 Å². The minimum atomic E-state index is 0.618. The topological polar surface area (TPSA) is 75.3 Å². The van der Waals surface area contributed by atoms with Crippen molar-refractivity contribution in [2.24, 2.45) is 0 Å². The van der Waals surface area contributed by atoms with E-state index in [1.807, 2.05) is 97.2 Å². The van der Waals surface area contributed by atoms with Gasteiger partial charge in [-0.3, -0.25) is 4.98 Å². The Morgan fingerprint density at radius 1 is 0.317 bits per heavy atom. The number of nitrogens with zero attached hydrogens (tertiary/aromatic N) is 5. The summed E-state index contributed by atoms with van der Waals surface area (Å²) in [6, 6.07) is 69.3. The van der Waals surface area contributed by atoms with E-state index in [4.69, 9.17) is 19.9 Å². The lowest BCUT2D eigenvalue weighted by Gasteiger charge is -2.16. The molecule has 0 fully saturated rings. The summed E-state index contributed by atoms with van der Waals surface area (Å²) in [5.74, 6) is 1.88. The number of benzene rings is 9. The molecule has 2 heterocycles. The number of aromatic nitrogens is 4. The standard InChI is InChI=1S/C55H33N5/c56-34-41-28-29-43(44-20-8-7-19-42(41)44)35-24-26-36(27-25-35)49-33-50-46-22-10-9-21-45(46)48(32-51(50)47-23-12-30-57-52(47)49)39-17-11-18-40(31-39)55-59-53(37-13-3-1-4-14-37)58-54(60-55)38-15-5-2-6-16-38/h1-33H. The van der Waals surface area contributed by atoms with E-state index in [9.17, 15) is 5.26 Å². The molecule has 0 aliphatic rings. The molecule has 0 unspecified atom stereocenters. The fraction of sp³-hybridized carbons (Fsp3) is 0. The van der Waals surface area contributed by atoms with Crippen LogP contribution in [-0.4, -0.2) is 19.9 Å². The number of nitriles is 1. The number of hydrogen-bond donors (Lipinski definition) is 0. The third kappa shape index (κ3) is 6.03. The van der Waals surface area contributed by atoms with Crippen LogP contribution in [0.2, 0.25) is 0 Å². The molecule has 60 heavy (non-hydrogen) atoms. The van der Waals surface area contributed by atoms with Gasteiger partial charge in [0, 0.05) is 39.2 Å². The second-order valence-corrected chi connectivity index (χ2v) is 14.9. The first-order chi connectivity index (χ1) is 29.7. The van der Waals surface area contributed by atoms with Gasteiger partial charge in [0.15, 0.2) is 17.5 Å². The zero-order valence-electron chi connectivity index (χ0n) is 32.3. The number of pyridine rings is 1. The van der Waals surface area contributed by atoms with Gasteiger partial charge in [-0.25, -0.2) is 15.0 Å². The van der Waals surface area contributed by atoms with Crippen LogP contribution in [0.5, 0.6) is 0 Å². The summed E-state index contributed by atoms with van der Waals surface area (Å²) >= 11 is 0. The van der Waals surface area contributed by atoms with Gasteiger partial charge in [0.2, 0.25) is 0 Å². The molecule has 5 nitrogen and oxygen atoms in total. The van der Waals surface area contributed by atoms with Crippen LogP contribution in [0.1, 0.15) is 5.56 Å². The highest BCUT2D eigenvalue weighted by atomic mass is 15.0. The Balaban J connectivity index is 1.05. The van der Waals surface area contributed by atoms with Crippen molar-refractivity contribution in [2.45, 2.75) is 0 Å². The highest BCUT2D eigenvalue weighted by molar-refractivity contribution is 6.23. The molecule has 2 aromatic heterocycles. The molecule has 0 saturated carbocycles. The van der Waals surface area contributed by atoms with Gasteiger partial charge in [-0.2, -0.15) is 5.26 Å². The Morgan fingerprint density at radius 3 is 1.48 bits per heavy atom. The summed E-state index contributed by atoms with van der Waals surface area (Å²) in [7, 11) is 0. The maximum atomic E-state index is 9.74. The van der Waals surface area contributed by atoms with E-state index in [0.717, 1.165) is 82.5 Å². The van der Waals surface area contributed by atoms with Crippen LogP contribution in [0.3, 0.4) is 0 Å². The van der Waals surface area contributed by atoms with Crippen molar-refractivity contribution < 1.29 is 0 Å². The first kappa shape index (κ1) is 34.9. The van der Waals surface area contributed by atoms with Gasteiger partial charge < -0.3 is 0 Å². The van der Waals surface area contributed by atoms with Crippen LogP contribution in [0.25, 0.3) is 111 Å². The average molecular weight is 764 g/mol. The van der Waals surface area contributed by atoms with Gasteiger partial charge in [0.25, 0.3) is 0 Å². The van der Waals surface area contributed by atoms with Gasteiger partial charge in [0.05, 0.1) is 17.1 Å². The fourth-order valence-corrected chi connectivity index (χ4v) is 8.53. The summed E-state index contributed by atoms with van der Waals surface area (Å²) in [5.41, 5.74) is 11.0. The molecule has 0 atom stereocenters. The molecule has 0 N–H and O–H groups in total.